The Labute approximate surface area is 221 Å². The summed E-state index contributed by atoms with van der Waals surface area (Å²) < 4.78 is 16.6. The number of nitro benzene ring substituents is 1. The molecule has 5 rings (SSSR count). The van der Waals surface area contributed by atoms with Gasteiger partial charge in [-0.05, 0) is 54.1 Å². The summed E-state index contributed by atoms with van der Waals surface area (Å²) in [5.41, 5.74) is 0.760. The molecule has 1 heterocycles. The Morgan fingerprint density at radius 1 is 0.897 bits per heavy atom. The van der Waals surface area contributed by atoms with E-state index in [0.717, 1.165) is 17.0 Å². The minimum Gasteiger partial charge on any atom is -0.497 e. The normalized spacial score (nSPS) is 10.7. The lowest BCUT2D eigenvalue weighted by Crippen LogP contribution is -2.12. The number of hydrogen-bond donors (Lipinski definition) is 1. The highest BCUT2D eigenvalue weighted by Gasteiger charge is 2.21. The van der Waals surface area contributed by atoms with Crippen molar-refractivity contribution in [1.29, 1.82) is 0 Å². The van der Waals surface area contributed by atoms with Crippen molar-refractivity contribution in [2.45, 2.75) is 6.42 Å². The van der Waals surface area contributed by atoms with E-state index in [9.17, 15) is 19.7 Å². The summed E-state index contributed by atoms with van der Waals surface area (Å²) in [6.45, 7) is 0. The first-order chi connectivity index (χ1) is 18.9. The average Bonchev–Trinajstić information content (AvgIpc) is 2.95. The molecule has 0 atom stereocenters. The van der Waals surface area contributed by atoms with Crippen molar-refractivity contribution in [3.8, 4) is 23.0 Å². The third-order valence-electron chi connectivity index (χ3n) is 5.94. The number of aromatic amines is 1. The van der Waals surface area contributed by atoms with Crippen molar-refractivity contribution in [2.75, 3.05) is 7.11 Å². The summed E-state index contributed by atoms with van der Waals surface area (Å²) in [6, 6.07) is 24.3. The molecule has 1 N–H and O–H groups in total. The van der Waals surface area contributed by atoms with E-state index in [2.05, 4.69) is 10.2 Å². The SMILES string of the molecule is COc1ccc(Oc2ccc([N+](=O)[O-])cc2C(=O)Oc2cccc(Cc3n[nH]c(=O)c4ccccc34)c2)cc1. The van der Waals surface area contributed by atoms with Crippen LogP contribution in [0.25, 0.3) is 10.8 Å². The highest BCUT2D eigenvalue weighted by Crippen LogP contribution is 2.31. The fourth-order valence-electron chi connectivity index (χ4n) is 4.03. The van der Waals surface area contributed by atoms with Crippen LogP contribution in [0.2, 0.25) is 0 Å². The molecule has 0 spiro atoms. The molecular formula is C29H21N3O7. The van der Waals surface area contributed by atoms with E-state index in [1.165, 1.54) is 19.2 Å². The summed E-state index contributed by atoms with van der Waals surface area (Å²) in [4.78, 5) is 36.1. The van der Waals surface area contributed by atoms with Gasteiger partial charge in [-0.15, -0.1) is 0 Å². The zero-order valence-electron chi connectivity index (χ0n) is 20.6. The van der Waals surface area contributed by atoms with Crippen LogP contribution >= 0.6 is 0 Å². The van der Waals surface area contributed by atoms with Gasteiger partial charge in [0.05, 0.1) is 23.1 Å². The number of rotatable bonds is 8. The molecule has 0 radical (unpaired) electrons. The zero-order valence-corrected chi connectivity index (χ0v) is 20.6. The van der Waals surface area contributed by atoms with Gasteiger partial charge < -0.3 is 14.2 Å². The van der Waals surface area contributed by atoms with Gasteiger partial charge in [0.2, 0.25) is 0 Å². The van der Waals surface area contributed by atoms with Crippen LogP contribution < -0.4 is 19.8 Å². The Balaban J connectivity index is 1.41. The number of aromatic nitrogens is 2. The fraction of sp³-hybridized carbons (Fsp3) is 0.0690. The number of ether oxygens (including phenoxy) is 3. The number of H-pyrrole nitrogens is 1. The molecular weight excluding hydrogens is 502 g/mol. The van der Waals surface area contributed by atoms with Gasteiger partial charge in [-0.1, -0.05) is 30.3 Å². The predicted octanol–water partition coefficient (Wildman–Crippen LogP) is 5.44. The van der Waals surface area contributed by atoms with Crippen molar-refractivity contribution in [2.24, 2.45) is 0 Å². The molecule has 0 amide bonds. The van der Waals surface area contributed by atoms with E-state index in [0.29, 0.717) is 29.0 Å². The third kappa shape index (κ3) is 5.59. The van der Waals surface area contributed by atoms with Crippen LogP contribution in [0.3, 0.4) is 0 Å². The number of hydrogen-bond acceptors (Lipinski definition) is 8. The van der Waals surface area contributed by atoms with E-state index in [-0.39, 0.29) is 28.3 Å². The monoisotopic (exact) mass is 523 g/mol. The summed E-state index contributed by atoms with van der Waals surface area (Å²) in [5, 5.41) is 19.3. The second-order valence-electron chi connectivity index (χ2n) is 8.47. The number of non-ortho nitro benzene ring substituents is 1. The van der Waals surface area contributed by atoms with E-state index in [1.54, 1.807) is 54.6 Å². The van der Waals surface area contributed by atoms with Gasteiger partial charge in [0, 0.05) is 23.9 Å². The average molecular weight is 524 g/mol. The first-order valence-electron chi connectivity index (χ1n) is 11.8. The van der Waals surface area contributed by atoms with Crippen LogP contribution in [0.1, 0.15) is 21.6 Å². The maximum absolute atomic E-state index is 13.2. The van der Waals surface area contributed by atoms with E-state index in [1.807, 2.05) is 18.2 Å². The first kappa shape index (κ1) is 25.2. The Kier molecular flexibility index (Phi) is 7.00. The van der Waals surface area contributed by atoms with Gasteiger partial charge in [-0.25, -0.2) is 9.89 Å². The van der Waals surface area contributed by atoms with Crippen LogP contribution in [0, 0.1) is 10.1 Å². The third-order valence-corrected chi connectivity index (χ3v) is 5.94. The number of carbonyl (C=O) groups excluding carboxylic acids is 1. The van der Waals surface area contributed by atoms with Crippen molar-refractivity contribution in [3.05, 3.63) is 128 Å². The lowest BCUT2D eigenvalue weighted by molar-refractivity contribution is -0.384. The molecule has 0 saturated heterocycles. The topological polar surface area (TPSA) is 134 Å². The predicted molar refractivity (Wildman–Crippen MR) is 143 cm³/mol. The number of esters is 1. The lowest BCUT2D eigenvalue weighted by atomic mass is 10.0. The lowest BCUT2D eigenvalue weighted by Gasteiger charge is -2.12. The number of nitrogens with zero attached hydrogens (tertiary/aromatic N) is 2. The van der Waals surface area contributed by atoms with Crippen LogP contribution in [-0.2, 0) is 6.42 Å². The zero-order chi connectivity index (χ0) is 27.4. The number of benzene rings is 4. The quantitative estimate of drug-likeness (QED) is 0.123. The highest BCUT2D eigenvalue weighted by atomic mass is 16.6. The molecule has 0 bridgehead atoms. The molecule has 0 unspecified atom stereocenters. The van der Waals surface area contributed by atoms with Crippen molar-refractivity contribution < 1.29 is 23.9 Å². The summed E-state index contributed by atoms with van der Waals surface area (Å²) in [7, 11) is 1.54. The van der Waals surface area contributed by atoms with Crippen LogP contribution in [0.4, 0.5) is 5.69 Å². The van der Waals surface area contributed by atoms with E-state index in [4.69, 9.17) is 14.2 Å². The van der Waals surface area contributed by atoms with Crippen LogP contribution in [0.5, 0.6) is 23.0 Å². The second-order valence-corrected chi connectivity index (χ2v) is 8.47. The van der Waals surface area contributed by atoms with Gasteiger partial charge in [0.25, 0.3) is 11.2 Å². The number of nitrogens with one attached hydrogen (secondary N) is 1. The molecule has 5 aromatic rings. The van der Waals surface area contributed by atoms with Crippen LogP contribution in [-0.4, -0.2) is 28.2 Å². The molecule has 194 valence electrons. The van der Waals surface area contributed by atoms with E-state index >= 15 is 0 Å². The molecule has 0 aliphatic heterocycles. The highest BCUT2D eigenvalue weighted by molar-refractivity contribution is 5.95. The van der Waals surface area contributed by atoms with Gasteiger partial charge in [0.1, 0.15) is 28.6 Å². The van der Waals surface area contributed by atoms with Crippen molar-refractivity contribution in [1.82, 2.24) is 10.2 Å². The fourth-order valence-corrected chi connectivity index (χ4v) is 4.03. The molecule has 10 nitrogen and oxygen atoms in total. The standard InChI is InChI=1S/C29H21N3O7/c1-37-20-10-12-21(13-11-20)38-27-14-9-19(32(35)36)17-25(27)29(34)39-22-6-4-5-18(15-22)16-26-23-7-2-3-8-24(23)28(33)31-30-26/h2-15,17H,16H2,1H3,(H,31,33). The molecule has 0 saturated carbocycles. The molecule has 1 aromatic heterocycles. The number of methoxy groups -OCH3 is 1. The molecule has 0 fully saturated rings. The van der Waals surface area contributed by atoms with Gasteiger partial charge in [-0.3, -0.25) is 14.9 Å². The molecule has 4 aromatic carbocycles. The van der Waals surface area contributed by atoms with Crippen molar-refractivity contribution in [3.63, 3.8) is 0 Å². The largest absolute Gasteiger partial charge is 0.497 e. The summed E-state index contributed by atoms with van der Waals surface area (Å²) >= 11 is 0. The summed E-state index contributed by atoms with van der Waals surface area (Å²) in [5.74, 6) is 0.521. The minimum absolute atomic E-state index is 0.0934. The van der Waals surface area contributed by atoms with Crippen LogP contribution in [0.15, 0.2) is 95.8 Å². The molecule has 39 heavy (non-hydrogen) atoms. The number of carbonyl (C=O) groups is 1. The summed E-state index contributed by atoms with van der Waals surface area (Å²) in [6.07, 6.45) is 0.366. The smallest absolute Gasteiger partial charge is 0.347 e. The van der Waals surface area contributed by atoms with E-state index < -0.39 is 10.9 Å². The van der Waals surface area contributed by atoms with Gasteiger partial charge >= 0.3 is 5.97 Å². The number of nitro groups is 1. The second kappa shape index (κ2) is 10.9. The Morgan fingerprint density at radius 2 is 1.64 bits per heavy atom. The van der Waals surface area contributed by atoms with Gasteiger partial charge in [-0.2, -0.15) is 5.10 Å². The first-order valence-corrected chi connectivity index (χ1v) is 11.8. The molecule has 0 aliphatic carbocycles. The Morgan fingerprint density at radius 3 is 2.38 bits per heavy atom. The Hall–Kier alpha value is -5.51. The molecule has 10 heteroatoms. The Bertz CT molecular complexity index is 1750. The van der Waals surface area contributed by atoms with Gasteiger partial charge in [0.15, 0.2) is 0 Å². The maximum Gasteiger partial charge on any atom is 0.347 e. The molecule has 0 aliphatic rings. The number of fused-ring (bicyclic) bond motifs is 1. The van der Waals surface area contributed by atoms with Crippen molar-refractivity contribution >= 4 is 22.4 Å². The maximum atomic E-state index is 13.2. The minimum atomic E-state index is -0.827.